The standard InChI is InChI=1S/C34H24N2O/c1-21-17-27-18-24(23-7-4-3-5-8-23)12-13-25(27)19-31(21)26-15-16-35-32(20-26)30-10-6-9-28-29-14-11-22(2)36-34(29)37-33(28)30/h3-20H,1-2H3. The van der Waals surface area contributed by atoms with Crippen LogP contribution in [-0.4, -0.2) is 9.97 Å². The summed E-state index contributed by atoms with van der Waals surface area (Å²) in [4.78, 5) is 9.32. The number of furan rings is 1. The Hall–Kier alpha value is -4.76. The Morgan fingerprint density at radius 2 is 1.49 bits per heavy atom. The molecule has 0 saturated heterocycles. The Morgan fingerprint density at radius 3 is 2.38 bits per heavy atom. The predicted molar refractivity (Wildman–Crippen MR) is 153 cm³/mol. The van der Waals surface area contributed by atoms with Gasteiger partial charge in [-0.1, -0.05) is 60.7 Å². The molecule has 0 N–H and O–H groups in total. The van der Waals surface area contributed by atoms with Crippen LogP contribution >= 0.6 is 0 Å². The molecule has 0 spiro atoms. The van der Waals surface area contributed by atoms with E-state index in [0.29, 0.717) is 5.71 Å². The van der Waals surface area contributed by atoms with E-state index in [1.54, 1.807) is 0 Å². The molecule has 0 saturated carbocycles. The van der Waals surface area contributed by atoms with Gasteiger partial charge in [0.15, 0.2) is 0 Å². The third kappa shape index (κ3) is 3.68. The van der Waals surface area contributed by atoms with Crippen molar-refractivity contribution in [3.63, 3.8) is 0 Å². The Balaban J connectivity index is 1.34. The highest BCUT2D eigenvalue weighted by atomic mass is 16.3. The Morgan fingerprint density at radius 1 is 0.595 bits per heavy atom. The van der Waals surface area contributed by atoms with Crippen molar-refractivity contribution in [2.75, 3.05) is 0 Å². The van der Waals surface area contributed by atoms with Crippen LogP contribution in [0, 0.1) is 13.8 Å². The van der Waals surface area contributed by atoms with Gasteiger partial charge < -0.3 is 4.42 Å². The fourth-order valence-electron chi connectivity index (χ4n) is 5.25. The van der Waals surface area contributed by atoms with Gasteiger partial charge in [0.1, 0.15) is 5.58 Å². The van der Waals surface area contributed by atoms with Gasteiger partial charge in [0.25, 0.3) is 0 Å². The molecule has 4 aromatic carbocycles. The number of nitrogens with zero attached hydrogens (tertiary/aromatic N) is 2. The average Bonchev–Trinajstić information content (AvgIpc) is 3.30. The number of pyridine rings is 2. The second-order valence-electron chi connectivity index (χ2n) is 9.61. The van der Waals surface area contributed by atoms with Crippen LogP contribution in [0.4, 0.5) is 0 Å². The maximum absolute atomic E-state index is 6.24. The molecule has 3 nitrogen and oxygen atoms in total. The van der Waals surface area contributed by atoms with E-state index in [1.165, 1.54) is 33.0 Å². The first-order valence-corrected chi connectivity index (χ1v) is 12.5. The van der Waals surface area contributed by atoms with E-state index in [1.807, 2.05) is 19.2 Å². The summed E-state index contributed by atoms with van der Waals surface area (Å²) >= 11 is 0. The van der Waals surface area contributed by atoms with Crippen LogP contribution in [-0.2, 0) is 0 Å². The lowest BCUT2D eigenvalue weighted by atomic mass is 9.94. The first kappa shape index (κ1) is 21.5. The van der Waals surface area contributed by atoms with Gasteiger partial charge in [0.05, 0.1) is 5.69 Å². The minimum atomic E-state index is 0.666. The molecule has 0 radical (unpaired) electrons. The summed E-state index contributed by atoms with van der Waals surface area (Å²) in [5.74, 6) is 0. The van der Waals surface area contributed by atoms with Crippen LogP contribution in [0.5, 0.6) is 0 Å². The van der Waals surface area contributed by atoms with Crippen molar-refractivity contribution < 1.29 is 4.42 Å². The van der Waals surface area contributed by atoms with Crippen LogP contribution in [0.25, 0.3) is 66.4 Å². The first-order chi connectivity index (χ1) is 18.1. The van der Waals surface area contributed by atoms with Gasteiger partial charge in [-0.15, -0.1) is 0 Å². The minimum absolute atomic E-state index is 0.666. The minimum Gasteiger partial charge on any atom is -0.437 e. The lowest BCUT2D eigenvalue weighted by Crippen LogP contribution is -1.89. The normalized spacial score (nSPS) is 11.5. The third-order valence-corrected chi connectivity index (χ3v) is 7.14. The monoisotopic (exact) mass is 476 g/mol. The van der Waals surface area contributed by atoms with E-state index in [4.69, 9.17) is 9.40 Å². The van der Waals surface area contributed by atoms with Crippen LogP contribution in [0.2, 0.25) is 0 Å². The summed E-state index contributed by atoms with van der Waals surface area (Å²) in [5.41, 5.74) is 10.3. The molecule has 0 aliphatic rings. The summed E-state index contributed by atoms with van der Waals surface area (Å²) < 4.78 is 6.24. The fourth-order valence-corrected chi connectivity index (χ4v) is 5.25. The van der Waals surface area contributed by atoms with Gasteiger partial charge in [-0.05, 0) is 94.9 Å². The lowest BCUT2D eigenvalue weighted by Gasteiger charge is -2.11. The van der Waals surface area contributed by atoms with Gasteiger partial charge in [-0.2, -0.15) is 0 Å². The summed E-state index contributed by atoms with van der Waals surface area (Å²) in [6.45, 7) is 4.16. The summed E-state index contributed by atoms with van der Waals surface area (Å²) in [6.07, 6.45) is 1.89. The summed E-state index contributed by atoms with van der Waals surface area (Å²) in [5, 5.41) is 4.55. The molecule has 7 rings (SSSR count). The second kappa shape index (κ2) is 8.42. The number of rotatable bonds is 3. The number of fused-ring (bicyclic) bond motifs is 4. The van der Waals surface area contributed by atoms with Gasteiger partial charge in [-0.25, -0.2) is 4.98 Å². The zero-order valence-electron chi connectivity index (χ0n) is 20.7. The summed E-state index contributed by atoms with van der Waals surface area (Å²) in [7, 11) is 0. The number of aromatic nitrogens is 2. The van der Waals surface area contributed by atoms with Gasteiger partial charge in [0.2, 0.25) is 5.71 Å². The molecule has 0 bridgehead atoms. The van der Waals surface area contributed by atoms with Crippen molar-refractivity contribution in [1.29, 1.82) is 0 Å². The highest BCUT2D eigenvalue weighted by Crippen LogP contribution is 2.37. The van der Waals surface area contributed by atoms with Crippen LogP contribution in [0.1, 0.15) is 11.3 Å². The Bertz CT molecular complexity index is 1950. The van der Waals surface area contributed by atoms with E-state index in [0.717, 1.165) is 38.9 Å². The van der Waals surface area contributed by atoms with Crippen LogP contribution in [0.15, 0.2) is 114 Å². The number of hydrogen-bond acceptors (Lipinski definition) is 3. The molecular formula is C34H24N2O. The molecule has 7 aromatic rings. The molecule has 3 aromatic heterocycles. The molecule has 0 aliphatic carbocycles. The van der Waals surface area contributed by atoms with Gasteiger partial charge in [-0.3, -0.25) is 4.98 Å². The summed E-state index contributed by atoms with van der Waals surface area (Å²) in [6, 6.07) is 36.3. The number of aryl methyl sites for hydroxylation is 2. The van der Waals surface area contributed by atoms with Crippen LogP contribution < -0.4 is 0 Å². The molecular weight excluding hydrogens is 452 g/mol. The fraction of sp³-hybridized carbons (Fsp3) is 0.0588. The lowest BCUT2D eigenvalue weighted by molar-refractivity contribution is 0.653. The average molecular weight is 477 g/mol. The number of para-hydroxylation sites is 1. The Labute approximate surface area is 215 Å². The predicted octanol–water partition coefficient (Wildman–Crippen LogP) is 9.15. The maximum atomic E-state index is 6.24. The molecule has 0 unspecified atom stereocenters. The van der Waals surface area contributed by atoms with E-state index in [2.05, 4.69) is 109 Å². The van der Waals surface area contributed by atoms with Crippen molar-refractivity contribution in [3.05, 3.63) is 121 Å². The van der Waals surface area contributed by atoms with Crippen molar-refractivity contribution in [3.8, 4) is 33.5 Å². The molecule has 3 heterocycles. The first-order valence-electron chi connectivity index (χ1n) is 12.5. The zero-order valence-corrected chi connectivity index (χ0v) is 20.7. The third-order valence-electron chi connectivity index (χ3n) is 7.14. The van der Waals surface area contributed by atoms with Gasteiger partial charge >= 0.3 is 0 Å². The highest BCUT2D eigenvalue weighted by molar-refractivity contribution is 6.08. The molecule has 37 heavy (non-hydrogen) atoms. The number of hydrogen-bond donors (Lipinski definition) is 0. The van der Waals surface area contributed by atoms with Crippen molar-refractivity contribution in [2.24, 2.45) is 0 Å². The van der Waals surface area contributed by atoms with Crippen molar-refractivity contribution >= 4 is 32.8 Å². The quantitative estimate of drug-likeness (QED) is 0.255. The molecule has 3 heteroatoms. The SMILES string of the molecule is Cc1ccc2c(n1)oc1c(-c3cc(-c4cc5ccc(-c6ccccc6)cc5cc4C)ccn3)cccc12. The molecule has 0 atom stereocenters. The zero-order chi connectivity index (χ0) is 24.9. The molecule has 0 fully saturated rings. The van der Waals surface area contributed by atoms with Gasteiger partial charge in [0, 0.05) is 28.2 Å². The van der Waals surface area contributed by atoms with E-state index >= 15 is 0 Å². The smallest absolute Gasteiger partial charge is 0.227 e. The van der Waals surface area contributed by atoms with E-state index in [-0.39, 0.29) is 0 Å². The topological polar surface area (TPSA) is 38.9 Å². The largest absolute Gasteiger partial charge is 0.437 e. The second-order valence-corrected chi connectivity index (χ2v) is 9.61. The molecule has 0 amide bonds. The van der Waals surface area contributed by atoms with Crippen LogP contribution in [0.3, 0.4) is 0 Å². The highest BCUT2D eigenvalue weighted by Gasteiger charge is 2.15. The molecule has 0 aliphatic heterocycles. The van der Waals surface area contributed by atoms with Crippen molar-refractivity contribution in [2.45, 2.75) is 13.8 Å². The Kier molecular flexibility index (Phi) is 4.90. The van der Waals surface area contributed by atoms with Crippen molar-refractivity contribution in [1.82, 2.24) is 9.97 Å². The maximum Gasteiger partial charge on any atom is 0.227 e. The van der Waals surface area contributed by atoms with E-state index in [9.17, 15) is 0 Å². The molecule has 176 valence electrons. The van der Waals surface area contributed by atoms with E-state index < -0.39 is 0 Å². The number of benzene rings is 4.